The van der Waals surface area contributed by atoms with Gasteiger partial charge in [-0.3, -0.25) is 9.59 Å². The van der Waals surface area contributed by atoms with E-state index >= 15 is 0 Å². The fourth-order valence-corrected chi connectivity index (χ4v) is 3.85. The second-order valence-corrected chi connectivity index (χ2v) is 7.11. The van der Waals surface area contributed by atoms with Gasteiger partial charge in [0, 0.05) is 31.7 Å². The molecule has 0 spiro atoms. The summed E-state index contributed by atoms with van der Waals surface area (Å²) in [6.45, 7) is 2.29. The van der Waals surface area contributed by atoms with E-state index < -0.39 is 0 Å². The maximum Gasteiger partial charge on any atom is 0.289 e. The van der Waals surface area contributed by atoms with Crippen LogP contribution in [0.2, 0.25) is 0 Å². The molecule has 2 aliphatic heterocycles. The van der Waals surface area contributed by atoms with Gasteiger partial charge in [-0.15, -0.1) is 0 Å². The minimum atomic E-state index is -0.357. The molecular weight excluding hydrogens is 347 g/mol. The average molecular weight is 370 g/mol. The SMILES string of the molecule is O=C(NCc1ccccc1F)c1nc(C(=O)N2CCCC2)n2c1CCCC2. The second-order valence-electron chi connectivity index (χ2n) is 7.11. The normalized spacial score (nSPS) is 16.3. The highest BCUT2D eigenvalue weighted by molar-refractivity contribution is 5.97. The van der Waals surface area contributed by atoms with Crippen LogP contribution in [-0.4, -0.2) is 39.4 Å². The summed E-state index contributed by atoms with van der Waals surface area (Å²) in [5.41, 5.74) is 1.54. The minimum absolute atomic E-state index is 0.0905. The van der Waals surface area contributed by atoms with Crippen LogP contribution in [0.15, 0.2) is 24.3 Å². The van der Waals surface area contributed by atoms with Crippen LogP contribution < -0.4 is 5.32 Å². The van der Waals surface area contributed by atoms with Gasteiger partial charge >= 0.3 is 0 Å². The summed E-state index contributed by atoms with van der Waals surface area (Å²) in [6.07, 6.45) is 4.68. The van der Waals surface area contributed by atoms with E-state index in [0.29, 0.717) is 23.6 Å². The van der Waals surface area contributed by atoms with E-state index in [9.17, 15) is 14.0 Å². The largest absolute Gasteiger partial charge is 0.346 e. The predicted octanol–water partition coefficient (Wildman–Crippen LogP) is 2.52. The molecule has 0 saturated carbocycles. The number of benzene rings is 1. The zero-order valence-electron chi connectivity index (χ0n) is 15.2. The number of amides is 2. The first-order valence-electron chi connectivity index (χ1n) is 9.55. The number of nitrogens with one attached hydrogen (secondary N) is 1. The van der Waals surface area contributed by atoms with Crippen LogP contribution in [0.25, 0.3) is 0 Å². The predicted molar refractivity (Wildman–Crippen MR) is 97.9 cm³/mol. The summed E-state index contributed by atoms with van der Waals surface area (Å²) in [4.78, 5) is 31.8. The number of rotatable bonds is 4. The number of hydrogen-bond donors (Lipinski definition) is 1. The van der Waals surface area contributed by atoms with Gasteiger partial charge in [0.15, 0.2) is 5.82 Å². The lowest BCUT2D eigenvalue weighted by atomic mass is 10.1. The molecule has 4 rings (SSSR count). The summed E-state index contributed by atoms with van der Waals surface area (Å²) < 4.78 is 15.7. The monoisotopic (exact) mass is 370 g/mol. The van der Waals surface area contributed by atoms with Crippen molar-refractivity contribution >= 4 is 11.8 Å². The Hall–Kier alpha value is -2.70. The molecule has 0 atom stereocenters. The fourth-order valence-electron chi connectivity index (χ4n) is 3.85. The molecular formula is C20H23FN4O2. The highest BCUT2D eigenvalue weighted by Gasteiger charge is 2.30. The standard InChI is InChI=1S/C20H23FN4O2/c21-15-8-2-1-7-14(15)13-22-19(26)17-16-9-3-4-12-25(16)18(23-17)20(27)24-10-5-6-11-24/h1-2,7-8H,3-6,9-13H2,(H,22,26). The summed E-state index contributed by atoms with van der Waals surface area (Å²) in [5.74, 6) is -0.439. The van der Waals surface area contributed by atoms with Gasteiger partial charge in [0.05, 0.1) is 5.69 Å². The number of aromatic nitrogens is 2. The minimum Gasteiger partial charge on any atom is -0.346 e. The fraction of sp³-hybridized carbons (Fsp3) is 0.450. The van der Waals surface area contributed by atoms with Crippen molar-refractivity contribution in [3.8, 4) is 0 Å². The molecule has 1 aromatic heterocycles. The third-order valence-electron chi connectivity index (χ3n) is 5.31. The summed E-state index contributed by atoms with van der Waals surface area (Å²) >= 11 is 0. The van der Waals surface area contributed by atoms with Gasteiger partial charge < -0.3 is 14.8 Å². The number of imidazole rings is 1. The Morgan fingerprint density at radius 1 is 1.07 bits per heavy atom. The quantitative estimate of drug-likeness (QED) is 0.899. The van der Waals surface area contributed by atoms with E-state index in [4.69, 9.17) is 0 Å². The van der Waals surface area contributed by atoms with E-state index in [2.05, 4.69) is 10.3 Å². The maximum absolute atomic E-state index is 13.8. The molecule has 2 amide bonds. The number of carbonyl (C=O) groups is 2. The molecule has 6 nitrogen and oxygen atoms in total. The Bertz CT molecular complexity index is 871. The highest BCUT2D eigenvalue weighted by Crippen LogP contribution is 2.23. The lowest BCUT2D eigenvalue weighted by molar-refractivity contribution is 0.0774. The summed E-state index contributed by atoms with van der Waals surface area (Å²) in [7, 11) is 0. The van der Waals surface area contributed by atoms with Gasteiger partial charge in [-0.25, -0.2) is 9.37 Å². The molecule has 0 aliphatic carbocycles. The van der Waals surface area contributed by atoms with Gasteiger partial charge in [-0.2, -0.15) is 0 Å². The van der Waals surface area contributed by atoms with Gasteiger partial charge in [-0.05, 0) is 38.2 Å². The van der Waals surface area contributed by atoms with E-state index in [-0.39, 0.29) is 24.2 Å². The number of nitrogens with zero attached hydrogens (tertiary/aromatic N) is 3. The smallest absolute Gasteiger partial charge is 0.289 e. The van der Waals surface area contributed by atoms with Gasteiger partial charge in [-0.1, -0.05) is 18.2 Å². The topological polar surface area (TPSA) is 67.2 Å². The number of likely N-dealkylation sites (tertiary alicyclic amines) is 1. The van der Waals surface area contributed by atoms with Crippen molar-refractivity contribution in [2.45, 2.75) is 45.2 Å². The van der Waals surface area contributed by atoms with Crippen LogP contribution in [0.4, 0.5) is 4.39 Å². The first-order chi connectivity index (χ1) is 13.1. The molecule has 7 heteroatoms. The van der Waals surface area contributed by atoms with Crippen molar-refractivity contribution in [1.29, 1.82) is 0 Å². The summed E-state index contributed by atoms with van der Waals surface area (Å²) in [5, 5.41) is 2.75. The van der Waals surface area contributed by atoms with Crippen LogP contribution in [-0.2, 0) is 19.5 Å². The Kier molecular flexibility index (Phi) is 4.92. The van der Waals surface area contributed by atoms with E-state index in [1.54, 1.807) is 18.2 Å². The number of carbonyl (C=O) groups excluding carboxylic acids is 2. The molecule has 27 heavy (non-hydrogen) atoms. The first-order valence-corrected chi connectivity index (χ1v) is 9.55. The van der Waals surface area contributed by atoms with Crippen molar-refractivity contribution < 1.29 is 14.0 Å². The Morgan fingerprint density at radius 3 is 2.59 bits per heavy atom. The molecule has 2 aromatic rings. The first kappa shape index (κ1) is 17.7. The van der Waals surface area contributed by atoms with Crippen LogP contribution in [0, 0.1) is 5.82 Å². The number of fused-ring (bicyclic) bond motifs is 1. The van der Waals surface area contributed by atoms with E-state index in [1.807, 2.05) is 9.47 Å². The molecule has 1 N–H and O–H groups in total. The van der Waals surface area contributed by atoms with Crippen LogP contribution in [0.1, 0.15) is 58.0 Å². The third kappa shape index (κ3) is 3.46. The molecule has 1 aromatic carbocycles. The number of halogens is 1. The second kappa shape index (κ2) is 7.50. The van der Waals surface area contributed by atoms with Crippen molar-refractivity contribution in [1.82, 2.24) is 19.8 Å². The molecule has 3 heterocycles. The van der Waals surface area contributed by atoms with E-state index in [1.165, 1.54) is 6.07 Å². The molecule has 2 aliphatic rings. The molecule has 0 bridgehead atoms. The molecule has 0 radical (unpaired) electrons. The van der Waals surface area contributed by atoms with Crippen LogP contribution in [0.3, 0.4) is 0 Å². The molecule has 142 valence electrons. The van der Waals surface area contributed by atoms with Crippen molar-refractivity contribution in [2.24, 2.45) is 0 Å². The zero-order valence-corrected chi connectivity index (χ0v) is 15.2. The number of hydrogen-bond acceptors (Lipinski definition) is 3. The molecule has 1 saturated heterocycles. The van der Waals surface area contributed by atoms with Crippen molar-refractivity contribution in [2.75, 3.05) is 13.1 Å². The third-order valence-corrected chi connectivity index (χ3v) is 5.31. The van der Waals surface area contributed by atoms with Crippen molar-refractivity contribution in [3.05, 3.63) is 52.9 Å². The Balaban J connectivity index is 1.57. The summed E-state index contributed by atoms with van der Waals surface area (Å²) in [6, 6.07) is 6.35. The average Bonchev–Trinajstić information content (AvgIpc) is 3.35. The van der Waals surface area contributed by atoms with Crippen molar-refractivity contribution in [3.63, 3.8) is 0 Å². The Labute approximate surface area is 157 Å². The van der Waals surface area contributed by atoms with Crippen LogP contribution >= 0.6 is 0 Å². The lowest BCUT2D eigenvalue weighted by Crippen LogP contribution is -2.31. The van der Waals surface area contributed by atoms with Gasteiger partial charge in [0.25, 0.3) is 11.8 Å². The van der Waals surface area contributed by atoms with Gasteiger partial charge in [0.2, 0.25) is 0 Å². The van der Waals surface area contributed by atoms with Crippen LogP contribution in [0.5, 0.6) is 0 Å². The maximum atomic E-state index is 13.8. The van der Waals surface area contributed by atoms with E-state index in [0.717, 1.165) is 50.9 Å². The zero-order chi connectivity index (χ0) is 18.8. The molecule has 0 unspecified atom stereocenters. The molecule has 1 fully saturated rings. The highest BCUT2D eigenvalue weighted by atomic mass is 19.1. The Morgan fingerprint density at radius 2 is 1.81 bits per heavy atom. The van der Waals surface area contributed by atoms with Gasteiger partial charge in [0.1, 0.15) is 11.5 Å². The lowest BCUT2D eigenvalue weighted by Gasteiger charge is -2.19.